The summed E-state index contributed by atoms with van der Waals surface area (Å²) in [5.41, 5.74) is 1.76. The van der Waals surface area contributed by atoms with Crippen LogP contribution in [0.4, 0.5) is 0 Å². The van der Waals surface area contributed by atoms with Gasteiger partial charge in [0.05, 0.1) is 0 Å². The van der Waals surface area contributed by atoms with E-state index < -0.39 is 0 Å². The number of aromatic amines is 1. The zero-order chi connectivity index (χ0) is 9.73. The Morgan fingerprint density at radius 1 is 1.38 bits per heavy atom. The Morgan fingerprint density at radius 3 is 2.69 bits per heavy atom. The molecule has 0 unspecified atom stereocenters. The summed E-state index contributed by atoms with van der Waals surface area (Å²) in [6.07, 6.45) is 5.21. The van der Waals surface area contributed by atoms with Crippen molar-refractivity contribution in [1.82, 2.24) is 10.3 Å². The van der Waals surface area contributed by atoms with Crippen molar-refractivity contribution in [2.24, 2.45) is 5.41 Å². The van der Waals surface area contributed by atoms with Gasteiger partial charge in [0, 0.05) is 18.9 Å². The summed E-state index contributed by atoms with van der Waals surface area (Å²) in [5.74, 6) is 0. The zero-order valence-corrected chi connectivity index (χ0v) is 8.85. The highest BCUT2D eigenvalue weighted by molar-refractivity contribution is 5.07. The van der Waals surface area contributed by atoms with Gasteiger partial charge in [0.25, 0.3) is 0 Å². The molecule has 0 fully saturated rings. The smallest absolute Gasteiger partial charge is 0.0220 e. The normalized spacial score (nSPS) is 11.9. The molecule has 1 aromatic heterocycles. The van der Waals surface area contributed by atoms with Gasteiger partial charge in [0.15, 0.2) is 0 Å². The molecule has 0 aliphatic carbocycles. The Hall–Kier alpha value is -0.760. The average Bonchev–Trinajstić information content (AvgIpc) is 2.48. The molecule has 74 valence electrons. The van der Waals surface area contributed by atoms with Crippen LogP contribution in [0, 0.1) is 5.41 Å². The molecule has 1 heterocycles. The number of nitrogens with one attached hydrogen (secondary N) is 2. The summed E-state index contributed by atoms with van der Waals surface area (Å²) in [6.45, 7) is 8.87. The molecule has 1 rings (SSSR count). The standard InChI is InChI=1S/C11H20N2/c1-11(2,3)5-7-13-9-10-4-6-12-8-10/h4,6,8,12-13H,5,7,9H2,1-3H3. The van der Waals surface area contributed by atoms with Gasteiger partial charge in [-0.3, -0.25) is 0 Å². The fourth-order valence-corrected chi connectivity index (χ4v) is 1.16. The molecule has 0 aliphatic rings. The van der Waals surface area contributed by atoms with Crippen LogP contribution >= 0.6 is 0 Å². The molecule has 0 aliphatic heterocycles. The van der Waals surface area contributed by atoms with Gasteiger partial charge in [0.1, 0.15) is 0 Å². The van der Waals surface area contributed by atoms with Crippen molar-refractivity contribution in [1.29, 1.82) is 0 Å². The molecule has 0 spiro atoms. The van der Waals surface area contributed by atoms with Crippen LogP contribution in [0.25, 0.3) is 0 Å². The van der Waals surface area contributed by atoms with Crippen molar-refractivity contribution in [3.63, 3.8) is 0 Å². The van der Waals surface area contributed by atoms with Gasteiger partial charge in [-0.05, 0) is 30.0 Å². The number of rotatable bonds is 4. The summed E-state index contributed by atoms with van der Waals surface area (Å²) in [5, 5.41) is 3.42. The van der Waals surface area contributed by atoms with Gasteiger partial charge >= 0.3 is 0 Å². The van der Waals surface area contributed by atoms with E-state index in [-0.39, 0.29) is 0 Å². The third-order valence-electron chi connectivity index (χ3n) is 2.04. The summed E-state index contributed by atoms with van der Waals surface area (Å²) in [4.78, 5) is 3.05. The molecule has 0 atom stereocenters. The SMILES string of the molecule is CC(C)(C)CCNCc1cc[nH]c1. The van der Waals surface area contributed by atoms with E-state index in [1.54, 1.807) is 0 Å². The third-order valence-corrected chi connectivity index (χ3v) is 2.04. The molecular formula is C11H20N2. The lowest BCUT2D eigenvalue weighted by Crippen LogP contribution is -2.19. The first-order valence-corrected chi connectivity index (χ1v) is 4.90. The van der Waals surface area contributed by atoms with E-state index in [1.165, 1.54) is 12.0 Å². The molecule has 2 N–H and O–H groups in total. The lowest BCUT2D eigenvalue weighted by atomic mass is 9.92. The molecule has 0 radical (unpaired) electrons. The third kappa shape index (κ3) is 4.73. The topological polar surface area (TPSA) is 27.8 Å². The Labute approximate surface area is 80.7 Å². The summed E-state index contributed by atoms with van der Waals surface area (Å²) < 4.78 is 0. The minimum atomic E-state index is 0.436. The summed E-state index contributed by atoms with van der Waals surface area (Å²) in [6, 6.07) is 2.10. The quantitative estimate of drug-likeness (QED) is 0.685. The molecule has 0 aromatic carbocycles. The second-order valence-electron chi connectivity index (χ2n) is 4.71. The molecule has 1 aromatic rings. The van der Waals surface area contributed by atoms with Crippen LogP contribution in [0.3, 0.4) is 0 Å². The largest absolute Gasteiger partial charge is 0.367 e. The first kappa shape index (κ1) is 10.3. The van der Waals surface area contributed by atoms with Gasteiger partial charge in [-0.25, -0.2) is 0 Å². The van der Waals surface area contributed by atoms with Crippen LogP contribution in [0.1, 0.15) is 32.8 Å². The first-order chi connectivity index (χ1) is 6.08. The highest BCUT2D eigenvalue weighted by atomic mass is 14.9. The molecule has 0 bridgehead atoms. The van der Waals surface area contributed by atoms with Crippen LogP contribution in [-0.4, -0.2) is 11.5 Å². The predicted molar refractivity (Wildman–Crippen MR) is 56.6 cm³/mol. The highest BCUT2D eigenvalue weighted by Gasteiger charge is 2.08. The van der Waals surface area contributed by atoms with Gasteiger partial charge < -0.3 is 10.3 Å². The maximum atomic E-state index is 3.42. The molecule has 13 heavy (non-hydrogen) atoms. The van der Waals surface area contributed by atoms with Crippen LogP contribution in [0.5, 0.6) is 0 Å². The minimum Gasteiger partial charge on any atom is -0.367 e. The van der Waals surface area contributed by atoms with Gasteiger partial charge in [-0.2, -0.15) is 0 Å². The number of hydrogen-bond acceptors (Lipinski definition) is 1. The van der Waals surface area contributed by atoms with E-state index in [0.717, 1.165) is 13.1 Å². The van der Waals surface area contributed by atoms with Crippen molar-refractivity contribution in [2.75, 3.05) is 6.54 Å². The van der Waals surface area contributed by atoms with Crippen molar-refractivity contribution in [2.45, 2.75) is 33.7 Å². The van der Waals surface area contributed by atoms with Crippen LogP contribution in [-0.2, 0) is 6.54 Å². The van der Waals surface area contributed by atoms with E-state index in [9.17, 15) is 0 Å². The molecule has 2 heteroatoms. The maximum Gasteiger partial charge on any atom is 0.0220 e. The van der Waals surface area contributed by atoms with E-state index in [0.29, 0.717) is 5.41 Å². The molecule has 0 saturated heterocycles. The fraction of sp³-hybridized carbons (Fsp3) is 0.636. The molecule has 0 amide bonds. The minimum absolute atomic E-state index is 0.436. The van der Waals surface area contributed by atoms with E-state index in [4.69, 9.17) is 0 Å². The second-order valence-corrected chi connectivity index (χ2v) is 4.71. The first-order valence-electron chi connectivity index (χ1n) is 4.90. The Morgan fingerprint density at radius 2 is 2.15 bits per heavy atom. The molecule has 0 saturated carbocycles. The van der Waals surface area contributed by atoms with Crippen molar-refractivity contribution in [3.05, 3.63) is 24.0 Å². The van der Waals surface area contributed by atoms with Crippen molar-refractivity contribution in [3.8, 4) is 0 Å². The van der Waals surface area contributed by atoms with Gasteiger partial charge in [-0.1, -0.05) is 20.8 Å². The van der Waals surface area contributed by atoms with Crippen LogP contribution in [0.2, 0.25) is 0 Å². The van der Waals surface area contributed by atoms with Gasteiger partial charge in [0.2, 0.25) is 0 Å². The van der Waals surface area contributed by atoms with Crippen molar-refractivity contribution >= 4 is 0 Å². The number of H-pyrrole nitrogens is 1. The second kappa shape index (κ2) is 4.47. The van der Waals surface area contributed by atoms with Crippen LogP contribution in [0.15, 0.2) is 18.5 Å². The van der Waals surface area contributed by atoms with Crippen molar-refractivity contribution < 1.29 is 0 Å². The van der Waals surface area contributed by atoms with E-state index in [1.807, 2.05) is 12.4 Å². The predicted octanol–water partition coefficient (Wildman–Crippen LogP) is 2.54. The van der Waals surface area contributed by atoms with E-state index >= 15 is 0 Å². The fourth-order valence-electron chi connectivity index (χ4n) is 1.16. The molecule has 2 nitrogen and oxygen atoms in total. The Bertz CT molecular complexity index is 219. The Kier molecular flexibility index (Phi) is 3.55. The monoisotopic (exact) mass is 180 g/mol. The zero-order valence-electron chi connectivity index (χ0n) is 8.85. The summed E-state index contributed by atoms with van der Waals surface area (Å²) in [7, 11) is 0. The lowest BCUT2D eigenvalue weighted by molar-refractivity contribution is 0.366. The maximum absolute atomic E-state index is 3.42. The van der Waals surface area contributed by atoms with Crippen LogP contribution < -0.4 is 5.32 Å². The average molecular weight is 180 g/mol. The molecular weight excluding hydrogens is 160 g/mol. The highest BCUT2D eigenvalue weighted by Crippen LogP contribution is 2.16. The van der Waals surface area contributed by atoms with Gasteiger partial charge in [-0.15, -0.1) is 0 Å². The van der Waals surface area contributed by atoms with E-state index in [2.05, 4.69) is 37.1 Å². The lowest BCUT2D eigenvalue weighted by Gasteiger charge is -2.17. The number of hydrogen-bond donors (Lipinski definition) is 2. The summed E-state index contributed by atoms with van der Waals surface area (Å²) >= 11 is 0. The Balaban J connectivity index is 2.09. The number of aromatic nitrogens is 1.